The number of ether oxygens (including phenoxy) is 1. The zero-order valence-corrected chi connectivity index (χ0v) is 17.9. The zero-order valence-electron chi connectivity index (χ0n) is 17.1. The molecular formula is C24H28FNO2S. The van der Waals surface area contributed by atoms with E-state index in [2.05, 4.69) is 17.9 Å². The Morgan fingerprint density at radius 1 is 1.17 bits per heavy atom. The average Bonchev–Trinajstić information content (AvgIpc) is 3.04. The van der Waals surface area contributed by atoms with Crippen molar-refractivity contribution in [3.8, 4) is 5.75 Å². The summed E-state index contributed by atoms with van der Waals surface area (Å²) >= 11 is 1.18. The molecule has 0 bridgehead atoms. The lowest BCUT2D eigenvalue weighted by atomic mass is 9.96. The van der Waals surface area contributed by atoms with Gasteiger partial charge in [-0.2, -0.15) is 0 Å². The van der Waals surface area contributed by atoms with E-state index >= 15 is 0 Å². The monoisotopic (exact) mass is 413 g/mol. The molecule has 154 valence electrons. The number of nitrogens with zero attached hydrogens (tertiary/aromatic N) is 1. The fourth-order valence-electron chi connectivity index (χ4n) is 4.48. The number of anilines is 1. The van der Waals surface area contributed by atoms with Crippen LogP contribution in [0.4, 0.5) is 10.1 Å². The third-order valence-electron chi connectivity index (χ3n) is 6.26. The van der Waals surface area contributed by atoms with Gasteiger partial charge >= 0.3 is 0 Å². The largest absolute Gasteiger partial charge is 0.495 e. The maximum Gasteiger partial charge on any atom is 0.167 e. The van der Waals surface area contributed by atoms with Crippen molar-refractivity contribution in [2.45, 2.75) is 37.5 Å². The van der Waals surface area contributed by atoms with Gasteiger partial charge in [0.25, 0.3) is 0 Å². The topological polar surface area (TPSA) is 29.5 Å². The Kier molecular flexibility index (Phi) is 6.14. The number of benzene rings is 2. The Bertz CT molecular complexity index is 875. The van der Waals surface area contributed by atoms with Crippen molar-refractivity contribution in [2.75, 3.05) is 31.1 Å². The van der Waals surface area contributed by atoms with Crippen LogP contribution in [0.25, 0.3) is 0 Å². The molecule has 1 aliphatic heterocycles. The van der Waals surface area contributed by atoms with Crippen molar-refractivity contribution in [1.82, 2.24) is 0 Å². The van der Waals surface area contributed by atoms with Crippen LogP contribution in [0.2, 0.25) is 0 Å². The molecule has 0 aromatic heterocycles. The second-order valence-corrected chi connectivity index (χ2v) is 9.20. The maximum atomic E-state index is 13.0. The van der Waals surface area contributed by atoms with Crippen molar-refractivity contribution >= 4 is 23.2 Å². The minimum absolute atomic E-state index is 0.0361. The molecule has 0 amide bonds. The van der Waals surface area contributed by atoms with Crippen LogP contribution in [0, 0.1) is 11.8 Å². The lowest BCUT2D eigenvalue weighted by Gasteiger charge is -2.33. The SMILES string of the molecule is COc1cc2c(cc1N1CCC(C)CC1)CC(Cc1ccc(SCF)cc1)C2=O. The molecule has 2 aromatic rings. The molecule has 1 saturated heterocycles. The number of hydrogen-bond donors (Lipinski definition) is 0. The van der Waals surface area contributed by atoms with E-state index in [1.165, 1.54) is 24.6 Å². The predicted octanol–water partition coefficient (Wildman–Crippen LogP) is 5.55. The smallest absolute Gasteiger partial charge is 0.167 e. The van der Waals surface area contributed by atoms with E-state index < -0.39 is 6.01 Å². The molecule has 1 aliphatic carbocycles. The van der Waals surface area contributed by atoms with Crippen molar-refractivity contribution in [1.29, 1.82) is 0 Å². The third-order valence-corrected chi connectivity index (χ3v) is 6.97. The van der Waals surface area contributed by atoms with E-state index in [1.807, 2.05) is 30.3 Å². The van der Waals surface area contributed by atoms with E-state index in [4.69, 9.17) is 4.74 Å². The standard InChI is InChI=1S/C24H28FNO2S/c1-16-7-9-26(10-8-16)22-13-18-12-19(24(27)21(18)14-23(22)28-2)11-17-3-5-20(6-4-17)29-15-25/h3-6,13-14,16,19H,7-12,15H2,1-2H3. The first-order chi connectivity index (χ1) is 14.1. The van der Waals surface area contributed by atoms with Gasteiger partial charge in [-0.25, -0.2) is 4.39 Å². The Morgan fingerprint density at radius 2 is 1.90 bits per heavy atom. The number of halogens is 1. The van der Waals surface area contributed by atoms with Crippen molar-refractivity contribution in [2.24, 2.45) is 11.8 Å². The Morgan fingerprint density at radius 3 is 2.55 bits per heavy atom. The Balaban J connectivity index is 1.52. The molecule has 0 spiro atoms. The highest BCUT2D eigenvalue weighted by atomic mass is 32.2. The normalized spacial score (nSPS) is 19.5. The second-order valence-electron chi connectivity index (χ2n) is 8.22. The van der Waals surface area contributed by atoms with Gasteiger partial charge in [-0.1, -0.05) is 30.8 Å². The van der Waals surface area contributed by atoms with Crippen LogP contribution in [0.3, 0.4) is 0 Å². The van der Waals surface area contributed by atoms with E-state index in [1.54, 1.807) is 7.11 Å². The number of methoxy groups -OCH3 is 1. The minimum atomic E-state index is -0.421. The maximum absolute atomic E-state index is 13.0. The third kappa shape index (κ3) is 4.30. The summed E-state index contributed by atoms with van der Waals surface area (Å²) in [7, 11) is 1.69. The van der Waals surface area contributed by atoms with Crippen molar-refractivity contribution < 1.29 is 13.9 Å². The predicted molar refractivity (Wildman–Crippen MR) is 117 cm³/mol. The van der Waals surface area contributed by atoms with Gasteiger partial charge in [-0.3, -0.25) is 4.79 Å². The highest BCUT2D eigenvalue weighted by molar-refractivity contribution is 7.99. The number of Topliss-reactive ketones (excluding diaryl/α,β-unsaturated/α-hetero) is 1. The van der Waals surface area contributed by atoms with E-state index in [-0.39, 0.29) is 11.7 Å². The molecule has 3 nitrogen and oxygen atoms in total. The van der Waals surface area contributed by atoms with Gasteiger partial charge in [0, 0.05) is 29.5 Å². The summed E-state index contributed by atoms with van der Waals surface area (Å²) in [6.07, 6.45) is 3.88. The van der Waals surface area contributed by atoms with Crippen molar-refractivity contribution in [3.63, 3.8) is 0 Å². The summed E-state index contributed by atoms with van der Waals surface area (Å²) in [6, 6.07) is 11.6. The van der Waals surface area contributed by atoms with Crippen LogP contribution < -0.4 is 9.64 Å². The van der Waals surface area contributed by atoms with Gasteiger partial charge in [0.2, 0.25) is 0 Å². The van der Waals surface area contributed by atoms with E-state index in [0.29, 0.717) is 6.42 Å². The number of hydrogen-bond acceptors (Lipinski definition) is 4. The van der Waals surface area contributed by atoms with Crippen LogP contribution in [0.1, 0.15) is 41.3 Å². The number of carbonyl (C=O) groups excluding carboxylic acids is 1. The van der Waals surface area contributed by atoms with E-state index in [9.17, 15) is 9.18 Å². The summed E-state index contributed by atoms with van der Waals surface area (Å²) in [5, 5.41) is 0. The summed E-state index contributed by atoms with van der Waals surface area (Å²) in [5.41, 5.74) is 4.19. The number of carbonyl (C=O) groups is 1. The minimum Gasteiger partial charge on any atom is -0.495 e. The van der Waals surface area contributed by atoms with Crippen LogP contribution in [-0.4, -0.2) is 32.0 Å². The average molecular weight is 414 g/mol. The van der Waals surface area contributed by atoms with Crippen LogP contribution in [-0.2, 0) is 12.8 Å². The molecule has 1 atom stereocenters. The summed E-state index contributed by atoms with van der Waals surface area (Å²) in [5.74, 6) is 1.75. The summed E-state index contributed by atoms with van der Waals surface area (Å²) < 4.78 is 18.1. The van der Waals surface area contributed by atoms with Crippen molar-refractivity contribution in [3.05, 3.63) is 53.1 Å². The zero-order chi connectivity index (χ0) is 20.4. The Hall–Kier alpha value is -2.01. The van der Waals surface area contributed by atoms with Gasteiger partial charge in [0.1, 0.15) is 11.8 Å². The fraction of sp³-hybridized carbons (Fsp3) is 0.458. The number of fused-ring (bicyclic) bond motifs is 1. The highest BCUT2D eigenvalue weighted by Gasteiger charge is 2.33. The molecule has 0 N–H and O–H groups in total. The number of alkyl halides is 1. The first kappa shape index (κ1) is 20.3. The molecule has 5 heteroatoms. The van der Waals surface area contributed by atoms with Crippen LogP contribution in [0.5, 0.6) is 5.75 Å². The molecular weight excluding hydrogens is 385 g/mol. The number of rotatable bonds is 6. The molecule has 4 rings (SSSR count). The molecule has 0 saturated carbocycles. The van der Waals surface area contributed by atoms with Gasteiger partial charge in [-0.15, -0.1) is 0 Å². The highest BCUT2D eigenvalue weighted by Crippen LogP contribution is 2.39. The lowest BCUT2D eigenvalue weighted by molar-refractivity contribution is 0.0936. The molecule has 1 heterocycles. The van der Waals surface area contributed by atoms with Crippen LogP contribution in [0.15, 0.2) is 41.3 Å². The summed E-state index contributed by atoms with van der Waals surface area (Å²) in [4.78, 5) is 16.4. The quantitative estimate of drug-likeness (QED) is 0.581. The number of thioether (sulfide) groups is 1. The van der Waals surface area contributed by atoms with E-state index in [0.717, 1.165) is 58.5 Å². The van der Waals surface area contributed by atoms with Crippen LogP contribution >= 0.6 is 11.8 Å². The molecule has 1 fully saturated rings. The number of piperidine rings is 1. The first-order valence-electron chi connectivity index (χ1n) is 10.4. The van der Waals surface area contributed by atoms with Gasteiger partial charge in [0.05, 0.1) is 12.8 Å². The first-order valence-corrected chi connectivity index (χ1v) is 11.4. The summed E-state index contributed by atoms with van der Waals surface area (Å²) in [6.45, 7) is 4.39. The molecule has 2 aromatic carbocycles. The van der Waals surface area contributed by atoms with Gasteiger partial charge in [0.15, 0.2) is 5.78 Å². The van der Waals surface area contributed by atoms with Gasteiger partial charge in [-0.05, 0) is 67.0 Å². The fourth-order valence-corrected chi connectivity index (χ4v) is 4.94. The molecule has 2 aliphatic rings. The molecule has 1 unspecified atom stereocenters. The second kappa shape index (κ2) is 8.78. The van der Waals surface area contributed by atoms with Gasteiger partial charge < -0.3 is 9.64 Å². The number of ketones is 1. The molecule has 0 radical (unpaired) electrons. The molecule has 29 heavy (non-hydrogen) atoms. The lowest BCUT2D eigenvalue weighted by Crippen LogP contribution is -2.33. The Labute approximate surface area is 176 Å².